The lowest BCUT2D eigenvalue weighted by Crippen LogP contribution is -2.41. The number of nitrogens with one attached hydrogen (secondary N) is 2. The second kappa shape index (κ2) is 8.03. The average molecular weight is 296 g/mol. The van der Waals surface area contributed by atoms with Crippen LogP contribution in [0.2, 0.25) is 0 Å². The predicted octanol–water partition coefficient (Wildman–Crippen LogP) is 0.518. The zero-order valence-corrected chi connectivity index (χ0v) is 12.1. The minimum Gasteiger partial charge on any atom is -0.481 e. The van der Waals surface area contributed by atoms with Gasteiger partial charge in [0.25, 0.3) is 0 Å². The summed E-state index contributed by atoms with van der Waals surface area (Å²) in [6.45, 7) is 4.40. The van der Waals surface area contributed by atoms with Crippen LogP contribution in [0.25, 0.3) is 0 Å². The lowest BCUT2D eigenvalue weighted by Gasteiger charge is -2.09. The van der Waals surface area contributed by atoms with Crippen LogP contribution in [-0.2, 0) is 16.1 Å². The van der Waals surface area contributed by atoms with Crippen molar-refractivity contribution in [1.82, 2.24) is 20.4 Å². The summed E-state index contributed by atoms with van der Waals surface area (Å²) < 4.78 is 1.69. The third-order valence-electron chi connectivity index (χ3n) is 2.70. The molecule has 8 heteroatoms. The van der Waals surface area contributed by atoms with Crippen LogP contribution >= 0.6 is 0 Å². The molecule has 0 radical (unpaired) electrons. The van der Waals surface area contributed by atoms with Gasteiger partial charge in [0.2, 0.25) is 5.91 Å². The summed E-state index contributed by atoms with van der Waals surface area (Å²) in [7, 11) is 0. The molecule has 0 saturated carbocycles. The van der Waals surface area contributed by atoms with Crippen LogP contribution in [-0.4, -0.2) is 39.3 Å². The number of imide groups is 1. The van der Waals surface area contributed by atoms with Gasteiger partial charge in [-0.15, -0.1) is 0 Å². The SMILES string of the molecule is Cc1cnn(CCNC(=O)NC(=O)CC(C)CC(=O)O)c1. The molecule has 0 spiro atoms. The zero-order chi connectivity index (χ0) is 15.8. The van der Waals surface area contributed by atoms with Gasteiger partial charge in [0, 0.05) is 25.6 Å². The molecule has 0 aromatic carbocycles. The topological polar surface area (TPSA) is 113 Å². The molecule has 3 amide bonds. The van der Waals surface area contributed by atoms with Gasteiger partial charge in [0.05, 0.1) is 12.7 Å². The van der Waals surface area contributed by atoms with E-state index in [2.05, 4.69) is 15.7 Å². The van der Waals surface area contributed by atoms with Gasteiger partial charge < -0.3 is 10.4 Å². The normalized spacial score (nSPS) is 11.7. The van der Waals surface area contributed by atoms with Crippen LogP contribution in [0, 0.1) is 12.8 Å². The van der Waals surface area contributed by atoms with Gasteiger partial charge in [-0.25, -0.2) is 4.79 Å². The Morgan fingerprint density at radius 1 is 1.38 bits per heavy atom. The summed E-state index contributed by atoms with van der Waals surface area (Å²) in [5.41, 5.74) is 1.03. The number of nitrogens with zero attached hydrogens (tertiary/aromatic N) is 2. The number of hydrogen-bond donors (Lipinski definition) is 3. The minimum atomic E-state index is -0.964. The number of rotatable bonds is 7. The molecule has 1 atom stereocenters. The Labute approximate surface area is 122 Å². The number of amides is 3. The fraction of sp³-hybridized carbons (Fsp3) is 0.538. The molecule has 0 bridgehead atoms. The molecule has 1 heterocycles. The van der Waals surface area contributed by atoms with E-state index >= 15 is 0 Å². The van der Waals surface area contributed by atoms with E-state index in [0.29, 0.717) is 13.1 Å². The van der Waals surface area contributed by atoms with Crippen LogP contribution in [0.5, 0.6) is 0 Å². The third kappa shape index (κ3) is 7.09. The molecule has 0 aliphatic carbocycles. The van der Waals surface area contributed by atoms with Crippen molar-refractivity contribution in [3.63, 3.8) is 0 Å². The van der Waals surface area contributed by atoms with E-state index in [1.165, 1.54) is 0 Å². The third-order valence-corrected chi connectivity index (χ3v) is 2.70. The number of carboxylic acid groups (broad SMARTS) is 1. The maximum absolute atomic E-state index is 11.5. The number of aryl methyl sites for hydroxylation is 1. The van der Waals surface area contributed by atoms with Crippen molar-refractivity contribution in [1.29, 1.82) is 0 Å². The van der Waals surface area contributed by atoms with Crippen LogP contribution in [0.1, 0.15) is 25.3 Å². The Kier molecular flexibility index (Phi) is 6.38. The van der Waals surface area contributed by atoms with E-state index in [1.807, 2.05) is 13.1 Å². The lowest BCUT2D eigenvalue weighted by molar-refractivity contribution is -0.138. The van der Waals surface area contributed by atoms with E-state index in [1.54, 1.807) is 17.8 Å². The standard InChI is InChI=1S/C13H20N4O4/c1-9(6-12(19)20)5-11(18)16-13(21)14-3-4-17-8-10(2)7-15-17/h7-9H,3-6H2,1-2H3,(H,19,20)(H2,14,16,18,21). The van der Waals surface area contributed by atoms with E-state index < -0.39 is 17.9 Å². The smallest absolute Gasteiger partial charge is 0.321 e. The fourth-order valence-electron chi connectivity index (χ4n) is 1.78. The molecule has 0 aliphatic rings. The van der Waals surface area contributed by atoms with Gasteiger partial charge in [-0.1, -0.05) is 6.92 Å². The molecule has 1 aromatic heterocycles. The molecule has 3 N–H and O–H groups in total. The Hall–Kier alpha value is -2.38. The van der Waals surface area contributed by atoms with Gasteiger partial charge >= 0.3 is 12.0 Å². The Bertz CT molecular complexity index is 512. The number of carbonyl (C=O) groups is 3. The predicted molar refractivity (Wildman–Crippen MR) is 74.5 cm³/mol. The van der Waals surface area contributed by atoms with Crippen LogP contribution in [0.3, 0.4) is 0 Å². The van der Waals surface area contributed by atoms with E-state index in [4.69, 9.17) is 5.11 Å². The van der Waals surface area contributed by atoms with Crippen LogP contribution in [0.15, 0.2) is 12.4 Å². The van der Waals surface area contributed by atoms with Gasteiger partial charge in [-0.05, 0) is 18.4 Å². The van der Waals surface area contributed by atoms with Crippen molar-refractivity contribution >= 4 is 17.9 Å². The summed E-state index contributed by atoms with van der Waals surface area (Å²) in [5.74, 6) is -1.77. The molecular formula is C13H20N4O4. The number of hydrogen-bond acceptors (Lipinski definition) is 4. The molecule has 1 unspecified atom stereocenters. The number of aromatic nitrogens is 2. The summed E-state index contributed by atoms with van der Waals surface area (Å²) in [6, 6.07) is -0.591. The molecule has 1 rings (SSSR count). The van der Waals surface area contributed by atoms with Crippen molar-refractivity contribution in [3.05, 3.63) is 18.0 Å². The first-order chi connectivity index (χ1) is 9.86. The first kappa shape index (κ1) is 16.7. The highest BCUT2D eigenvalue weighted by molar-refractivity contribution is 5.94. The Balaban J connectivity index is 2.20. The van der Waals surface area contributed by atoms with Crippen molar-refractivity contribution in [2.45, 2.75) is 33.2 Å². The average Bonchev–Trinajstić information content (AvgIpc) is 2.73. The second-order valence-electron chi connectivity index (χ2n) is 4.99. The first-order valence-corrected chi connectivity index (χ1v) is 6.65. The van der Waals surface area contributed by atoms with E-state index in [-0.39, 0.29) is 18.8 Å². The molecule has 8 nitrogen and oxygen atoms in total. The Morgan fingerprint density at radius 3 is 2.67 bits per heavy atom. The summed E-state index contributed by atoms with van der Waals surface area (Å²) >= 11 is 0. The molecule has 1 aromatic rings. The van der Waals surface area contributed by atoms with Gasteiger partial charge in [-0.2, -0.15) is 5.10 Å². The zero-order valence-electron chi connectivity index (χ0n) is 12.1. The number of carboxylic acids is 1. The van der Waals surface area contributed by atoms with Gasteiger partial charge in [0.1, 0.15) is 0 Å². The second-order valence-corrected chi connectivity index (χ2v) is 4.99. The largest absolute Gasteiger partial charge is 0.481 e. The molecule has 0 saturated heterocycles. The maximum atomic E-state index is 11.5. The number of urea groups is 1. The first-order valence-electron chi connectivity index (χ1n) is 6.65. The number of carbonyl (C=O) groups excluding carboxylic acids is 2. The van der Waals surface area contributed by atoms with Crippen molar-refractivity contribution in [2.75, 3.05) is 6.54 Å². The summed E-state index contributed by atoms with van der Waals surface area (Å²) in [4.78, 5) is 33.4. The summed E-state index contributed by atoms with van der Waals surface area (Å²) in [5, 5.41) is 17.3. The van der Waals surface area contributed by atoms with Crippen molar-refractivity contribution in [2.24, 2.45) is 5.92 Å². The lowest BCUT2D eigenvalue weighted by atomic mass is 10.0. The quantitative estimate of drug-likeness (QED) is 0.678. The van der Waals surface area contributed by atoms with Crippen molar-refractivity contribution < 1.29 is 19.5 Å². The molecule has 0 aliphatic heterocycles. The van der Waals surface area contributed by atoms with Crippen molar-refractivity contribution in [3.8, 4) is 0 Å². The highest BCUT2D eigenvalue weighted by Crippen LogP contribution is 2.06. The van der Waals surface area contributed by atoms with E-state index in [9.17, 15) is 14.4 Å². The molecule has 0 fully saturated rings. The van der Waals surface area contributed by atoms with Gasteiger partial charge in [0.15, 0.2) is 0 Å². The molecular weight excluding hydrogens is 276 g/mol. The van der Waals surface area contributed by atoms with Crippen LogP contribution < -0.4 is 10.6 Å². The van der Waals surface area contributed by atoms with Crippen LogP contribution in [0.4, 0.5) is 4.79 Å². The number of aliphatic carboxylic acids is 1. The van der Waals surface area contributed by atoms with Gasteiger partial charge in [-0.3, -0.25) is 19.6 Å². The molecule has 116 valence electrons. The maximum Gasteiger partial charge on any atom is 0.321 e. The highest BCUT2D eigenvalue weighted by atomic mass is 16.4. The monoisotopic (exact) mass is 296 g/mol. The minimum absolute atomic E-state index is 0.00191. The highest BCUT2D eigenvalue weighted by Gasteiger charge is 2.14. The Morgan fingerprint density at radius 2 is 2.10 bits per heavy atom. The van der Waals surface area contributed by atoms with E-state index in [0.717, 1.165) is 5.56 Å². The molecule has 21 heavy (non-hydrogen) atoms. The summed E-state index contributed by atoms with van der Waals surface area (Å²) in [6.07, 6.45) is 3.46. The fourth-order valence-corrected chi connectivity index (χ4v) is 1.78.